The van der Waals surface area contributed by atoms with Crippen LogP contribution >= 0.6 is 0 Å². The Morgan fingerprint density at radius 3 is 2.50 bits per heavy atom. The zero-order valence-corrected chi connectivity index (χ0v) is 15.7. The minimum Gasteiger partial charge on any atom is -0.494 e. The minimum atomic E-state index is 0.835. The van der Waals surface area contributed by atoms with Gasteiger partial charge >= 0.3 is 0 Å². The topological polar surface area (TPSA) is 25.4 Å². The van der Waals surface area contributed by atoms with Crippen molar-refractivity contribution >= 4 is 10.8 Å². The van der Waals surface area contributed by atoms with Crippen LogP contribution < -0.4 is 4.74 Å². The van der Waals surface area contributed by atoms with E-state index in [9.17, 15) is 0 Å². The number of benzene rings is 2. The second-order valence-corrected chi connectivity index (χ2v) is 7.17. The first-order valence-corrected chi connectivity index (χ1v) is 9.51. The molecule has 1 saturated heterocycles. The quantitative estimate of drug-likeness (QED) is 0.649. The standard InChI is InChI=1S/C23H26N2O/c1-17-8-6-10-20-19(17)9-7-11-21(20)23-22(26-2)13-12-18(24-23)16-25-14-4-3-5-15-25/h6-13H,3-5,14-16H2,1-2H3. The van der Waals surface area contributed by atoms with Gasteiger partial charge in [-0.05, 0) is 61.3 Å². The number of hydrogen-bond donors (Lipinski definition) is 0. The van der Waals surface area contributed by atoms with Crippen LogP contribution in [-0.4, -0.2) is 30.1 Å². The molecule has 0 aliphatic carbocycles. The van der Waals surface area contributed by atoms with Crippen LogP contribution in [0.2, 0.25) is 0 Å². The van der Waals surface area contributed by atoms with Crippen LogP contribution in [0, 0.1) is 6.92 Å². The van der Waals surface area contributed by atoms with Crippen LogP contribution in [-0.2, 0) is 6.54 Å². The van der Waals surface area contributed by atoms with Gasteiger partial charge in [-0.1, -0.05) is 42.8 Å². The van der Waals surface area contributed by atoms with Gasteiger partial charge in [0.2, 0.25) is 0 Å². The molecule has 0 unspecified atom stereocenters. The van der Waals surface area contributed by atoms with Gasteiger partial charge < -0.3 is 4.74 Å². The molecule has 134 valence electrons. The lowest BCUT2D eigenvalue weighted by Crippen LogP contribution is -2.29. The summed E-state index contributed by atoms with van der Waals surface area (Å²) in [5.74, 6) is 0.835. The van der Waals surface area contributed by atoms with Crippen LogP contribution in [0.15, 0.2) is 48.5 Å². The normalized spacial score (nSPS) is 15.3. The molecule has 1 aliphatic rings. The van der Waals surface area contributed by atoms with E-state index in [0.717, 1.165) is 29.2 Å². The SMILES string of the molecule is COc1ccc(CN2CCCCC2)nc1-c1cccc2c(C)cccc12. The predicted molar refractivity (Wildman–Crippen MR) is 108 cm³/mol. The van der Waals surface area contributed by atoms with E-state index in [0.29, 0.717) is 0 Å². The fourth-order valence-corrected chi connectivity index (χ4v) is 3.95. The van der Waals surface area contributed by atoms with Gasteiger partial charge in [0.05, 0.1) is 12.8 Å². The van der Waals surface area contributed by atoms with Crippen molar-refractivity contribution < 1.29 is 4.74 Å². The highest BCUT2D eigenvalue weighted by molar-refractivity contribution is 5.98. The van der Waals surface area contributed by atoms with Gasteiger partial charge in [0.1, 0.15) is 11.4 Å². The van der Waals surface area contributed by atoms with Gasteiger partial charge in [-0.2, -0.15) is 0 Å². The Bertz CT molecular complexity index is 913. The van der Waals surface area contributed by atoms with E-state index in [2.05, 4.69) is 60.4 Å². The summed E-state index contributed by atoms with van der Waals surface area (Å²) in [6.07, 6.45) is 3.95. The third-order valence-corrected chi connectivity index (χ3v) is 5.37. The number of piperidine rings is 1. The van der Waals surface area contributed by atoms with Crippen LogP contribution in [0.4, 0.5) is 0 Å². The molecule has 1 fully saturated rings. The molecule has 0 N–H and O–H groups in total. The number of methoxy groups -OCH3 is 1. The van der Waals surface area contributed by atoms with Gasteiger partial charge in [-0.3, -0.25) is 4.90 Å². The number of aromatic nitrogens is 1. The average Bonchev–Trinajstić information content (AvgIpc) is 2.69. The number of ether oxygens (including phenoxy) is 1. The third-order valence-electron chi connectivity index (χ3n) is 5.37. The average molecular weight is 346 g/mol. The number of pyridine rings is 1. The zero-order chi connectivity index (χ0) is 17.9. The Labute approximate surface area is 155 Å². The van der Waals surface area contributed by atoms with E-state index >= 15 is 0 Å². The maximum absolute atomic E-state index is 5.65. The number of likely N-dealkylation sites (tertiary alicyclic amines) is 1. The molecule has 26 heavy (non-hydrogen) atoms. The smallest absolute Gasteiger partial charge is 0.145 e. The Morgan fingerprint density at radius 1 is 0.923 bits per heavy atom. The molecule has 1 aliphatic heterocycles. The van der Waals surface area contributed by atoms with Crippen LogP contribution in [0.1, 0.15) is 30.5 Å². The minimum absolute atomic E-state index is 0.835. The maximum atomic E-state index is 5.65. The van der Waals surface area contributed by atoms with Gasteiger partial charge in [0.25, 0.3) is 0 Å². The highest BCUT2D eigenvalue weighted by Gasteiger charge is 2.15. The van der Waals surface area contributed by atoms with Gasteiger partial charge in [0.15, 0.2) is 0 Å². The summed E-state index contributed by atoms with van der Waals surface area (Å²) < 4.78 is 5.65. The second-order valence-electron chi connectivity index (χ2n) is 7.17. The van der Waals surface area contributed by atoms with E-state index in [1.165, 1.54) is 48.7 Å². The number of aryl methyl sites for hydroxylation is 1. The first kappa shape index (κ1) is 17.0. The monoisotopic (exact) mass is 346 g/mol. The summed E-state index contributed by atoms with van der Waals surface area (Å²) in [6, 6.07) is 17.1. The molecular formula is C23H26N2O. The maximum Gasteiger partial charge on any atom is 0.145 e. The third kappa shape index (κ3) is 3.32. The van der Waals surface area contributed by atoms with Crippen molar-refractivity contribution in [3.8, 4) is 17.0 Å². The predicted octanol–water partition coefficient (Wildman–Crippen LogP) is 5.20. The lowest BCUT2D eigenvalue weighted by Gasteiger charge is -2.26. The molecule has 0 amide bonds. The molecule has 0 bridgehead atoms. The largest absolute Gasteiger partial charge is 0.494 e. The first-order chi connectivity index (χ1) is 12.8. The van der Waals surface area contributed by atoms with Crippen molar-refractivity contribution in [2.75, 3.05) is 20.2 Å². The Balaban J connectivity index is 1.78. The molecule has 3 aromatic rings. The Hall–Kier alpha value is -2.39. The van der Waals surface area contributed by atoms with Gasteiger partial charge in [0, 0.05) is 12.1 Å². The van der Waals surface area contributed by atoms with E-state index in [4.69, 9.17) is 9.72 Å². The molecule has 4 rings (SSSR count). The van der Waals surface area contributed by atoms with Crippen molar-refractivity contribution in [1.82, 2.24) is 9.88 Å². The molecule has 0 spiro atoms. The highest BCUT2D eigenvalue weighted by atomic mass is 16.5. The van der Waals surface area contributed by atoms with Crippen LogP contribution in [0.3, 0.4) is 0 Å². The van der Waals surface area contributed by atoms with Crippen molar-refractivity contribution in [2.45, 2.75) is 32.7 Å². The highest BCUT2D eigenvalue weighted by Crippen LogP contribution is 2.34. The molecule has 0 atom stereocenters. The van der Waals surface area contributed by atoms with Crippen LogP contribution in [0.5, 0.6) is 5.75 Å². The molecule has 3 heteroatoms. The first-order valence-electron chi connectivity index (χ1n) is 9.51. The van der Waals surface area contributed by atoms with Gasteiger partial charge in [-0.25, -0.2) is 4.98 Å². The summed E-state index contributed by atoms with van der Waals surface area (Å²) >= 11 is 0. The number of hydrogen-bond acceptors (Lipinski definition) is 3. The van der Waals surface area contributed by atoms with Crippen molar-refractivity contribution in [2.24, 2.45) is 0 Å². The van der Waals surface area contributed by atoms with E-state index in [-0.39, 0.29) is 0 Å². The summed E-state index contributed by atoms with van der Waals surface area (Å²) in [5, 5.41) is 2.50. The number of nitrogens with zero attached hydrogens (tertiary/aromatic N) is 2. The van der Waals surface area contributed by atoms with E-state index in [1.807, 2.05) is 0 Å². The number of rotatable bonds is 4. The Kier molecular flexibility index (Phi) is 4.89. The van der Waals surface area contributed by atoms with E-state index in [1.54, 1.807) is 7.11 Å². The van der Waals surface area contributed by atoms with Crippen molar-refractivity contribution in [1.29, 1.82) is 0 Å². The molecule has 2 heterocycles. The summed E-state index contributed by atoms with van der Waals surface area (Å²) in [5.41, 5.74) is 4.49. The molecule has 1 aromatic heterocycles. The number of fused-ring (bicyclic) bond motifs is 1. The lowest BCUT2D eigenvalue weighted by molar-refractivity contribution is 0.218. The Morgan fingerprint density at radius 2 is 1.69 bits per heavy atom. The van der Waals surface area contributed by atoms with Crippen molar-refractivity contribution in [3.05, 3.63) is 59.8 Å². The van der Waals surface area contributed by atoms with Crippen molar-refractivity contribution in [3.63, 3.8) is 0 Å². The molecule has 0 saturated carbocycles. The fraction of sp³-hybridized carbons (Fsp3) is 0.348. The summed E-state index contributed by atoms with van der Waals surface area (Å²) in [4.78, 5) is 7.53. The summed E-state index contributed by atoms with van der Waals surface area (Å²) in [7, 11) is 1.72. The second kappa shape index (κ2) is 7.46. The fourth-order valence-electron chi connectivity index (χ4n) is 3.95. The van der Waals surface area contributed by atoms with E-state index < -0.39 is 0 Å². The van der Waals surface area contributed by atoms with Crippen LogP contribution in [0.25, 0.3) is 22.0 Å². The molecule has 3 nitrogen and oxygen atoms in total. The molecule has 2 aromatic carbocycles. The summed E-state index contributed by atoms with van der Waals surface area (Å²) in [6.45, 7) is 5.43. The zero-order valence-electron chi connectivity index (χ0n) is 15.7. The lowest BCUT2D eigenvalue weighted by atomic mass is 9.98. The molecule has 0 radical (unpaired) electrons. The molecular weight excluding hydrogens is 320 g/mol. The van der Waals surface area contributed by atoms with Gasteiger partial charge in [-0.15, -0.1) is 0 Å².